The first-order valence-corrected chi connectivity index (χ1v) is 10.5. The van der Waals surface area contributed by atoms with Gasteiger partial charge in [-0.15, -0.1) is 11.3 Å². The molecule has 3 saturated heterocycles. The summed E-state index contributed by atoms with van der Waals surface area (Å²) in [5.74, 6) is 0. The van der Waals surface area contributed by atoms with Crippen molar-refractivity contribution in [3.63, 3.8) is 0 Å². The summed E-state index contributed by atoms with van der Waals surface area (Å²) >= 11 is 1.47. The van der Waals surface area contributed by atoms with Crippen LogP contribution in [0.25, 0.3) is 0 Å². The van der Waals surface area contributed by atoms with Crippen LogP contribution < -0.4 is 5.32 Å². The van der Waals surface area contributed by atoms with Crippen LogP contribution in [-0.2, 0) is 20.8 Å². The molecule has 3 atom stereocenters. The molecule has 1 spiro atoms. The average molecular weight is 397 g/mol. The summed E-state index contributed by atoms with van der Waals surface area (Å²) < 4.78 is 17.3. The predicted molar refractivity (Wildman–Crippen MR) is 102 cm³/mol. The maximum atomic E-state index is 12.8. The van der Waals surface area contributed by atoms with Crippen LogP contribution in [-0.4, -0.2) is 84.6 Å². The summed E-state index contributed by atoms with van der Waals surface area (Å²) in [7, 11) is 0. The van der Waals surface area contributed by atoms with Crippen molar-refractivity contribution < 1.29 is 19.0 Å². The van der Waals surface area contributed by atoms with Crippen molar-refractivity contribution in [3.8, 4) is 0 Å². The fourth-order valence-electron chi connectivity index (χ4n) is 4.05. The van der Waals surface area contributed by atoms with E-state index in [1.807, 2.05) is 24.1 Å². The Morgan fingerprint density at radius 3 is 2.93 bits per heavy atom. The number of hydrogen-bond donors (Lipinski definition) is 1. The number of morpholine rings is 2. The molecule has 0 radical (unpaired) electrons. The number of hydrogen-bond acceptors (Lipinski definition) is 7. The fraction of sp³-hybridized carbons (Fsp3) is 0.778. The third kappa shape index (κ3) is 4.27. The molecule has 3 fully saturated rings. The number of urea groups is 1. The highest BCUT2D eigenvalue weighted by atomic mass is 32.1. The number of anilines is 1. The molecule has 9 heteroatoms. The Morgan fingerprint density at radius 2 is 2.19 bits per heavy atom. The molecule has 8 nitrogen and oxygen atoms in total. The molecule has 4 rings (SSSR count). The number of nitrogens with zero attached hydrogens (tertiary/aromatic N) is 3. The largest absolute Gasteiger partial charge is 0.379 e. The van der Waals surface area contributed by atoms with Gasteiger partial charge in [-0.05, 0) is 13.8 Å². The monoisotopic (exact) mass is 396 g/mol. The summed E-state index contributed by atoms with van der Waals surface area (Å²) in [6.07, 6.45) is 0.806. The Hall–Kier alpha value is -1.26. The van der Waals surface area contributed by atoms with Crippen LogP contribution in [0.5, 0.6) is 0 Å². The van der Waals surface area contributed by atoms with Crippen molar-refractivity contribution in [1.82, 2.24) is 14.8 Å². The SMILES string of the molecule is CC1CN(C(=O)Nc2nc(CN3CCOCC3)cs2)CC2(CCOC2C)O1. The summed E-state index contributed by atoms with van der Waals surface area (Å²) in [6, 6.07) is -0.115. The first-order chi connectivity index (χ1) is 13.0. The molecule has 1 aromatic rings. The molecule has 0 bridgehead atoms. The lowest BCUT2D eigenvalue weighted by atomic mass is 9.93. The van der Waals surface area contributed by atoms with E-state index in [0.717, 1.165) is 45.0 Å². The summed E-state index contributed by atoms with van der Waals surface area (Å²) in [5.41, 5.74) is 0.598. The maximum absolute atomic E-state index is 12.8. The molecular weight excluding hydrogens is 368 g/mol. The van der Waals surface area contributed by atoms with Gasteiger partial charge in [0, 0.05) is 44.6 Å². The van der Waals surface area contributed by atoms with Crippen molar-refractivity contribution in [2.24, 2.45) is 0 Å². The smallest absolute Gasteiger partial charge is 0.323 e. The molecule has 3 unspecified atom stereocenters. The van der Waals surface area contributed by atoms with Gasteiger partial charge >= 0.3 is 6.03 Å². The Bertz CT molecular complexity index is 666. The van der Waals surface area contributed by atoms with Crippen LogP contribution in [0.4, 0.5) is 9.93 Å². The second kappa shape index (κ2) is 8.00. The highest BCUT2D eigenvalue weighted by Gasteiger charge is 2.48. The predicted octanol–water partition coefficient (Wildman–Crippen LogP) is 1.78. The molecule has 0 aliphatic carbocycles. The van der Waals surface area contributed by atoms with Crippen molar-refractivity contribution in [3.05, 3.63) is 11.1 Å². The maximum Gasteiger partial charge on any atom is 0.323 e. The first-order valence-electron chi connectivity index (χ1n) is 9.64. The number of rotatable bonds is 3. The third-order valence-electron chi connectivity index (χ3n) is 5.55. The number of ether oxygens (including phenoxy) is 3. The molecule has 1 N–H and O–H groups in total. The van der Waals surface area contributed by atoms with Gasteiger partial charge in [0.15, 0.2) is 5.13 Å². The quantitative estimate of drug-likeness (QED) is 0.839. The van der Waals surface area contributed by atoms with E-state index in [-0.39, 0.29) is 23.8 Å². The fourth-order valence-corrected chi connectivity index (χ4v) is 4.74. The molecule has 27 heavy (non-hydrogen) atoms. The van der Waals surface area contributed by atoms with Gasteiger partial charge in [0.2, 0.25) is 0 Å². The van der Waals surface area contributed by atoms with E-state index in [1.165, 1.54) is 11.3 Å². The van der Waals surface area contributed by atoms with Crippen LogP contribution >= 0.6 is 11.3 Å². The Kier molecular flexibility index (Phi) is 5.65. The summed E-state index contributed by atoms with van der Waals surface area (Å²) in [4.78, 5) is 21.6. The van der Waals surface area contributed by atoms with Crippen molar-refractivity contribution in [1.29, 1.82) is 0 Å². The average Bonchev–Trinajstić information content (AvgIpc) is 3.22. The van der Waals surface area contributed by atoms with Crippen LogP contribution in [0.2, 0.25) is 0 Å². The van der Waals surface area contributed by atoms with E-state index in [2.05, 4.69) is 15.2 Å². The summed E-state index contributed by atoms with van der Waals surface area (Å²) in [5, 5.41) is 5.63. The van der Waals surface area contributed by atoms with Crippen molar-refractivity contribution in [2.45, 2.75) is 44.6 Å². The van der Waals surface area contributed by atoms with E-state index >= 15 is 0 Å². The zero-order valence-corrected chi connectivity index (χ0v) is 16.8. The Balaban J connectivity index is 1.36. The Morgan fingerprint density at radius 1 is 1.37 bits per heavy atom. The number of amides is 2. The molecular formula is C18H28N4O4S. The van der Waals surface area contributed by atoms with Gasteiger partial charge in [-0.1, -0.05) is 0 Å². The number of nitrogens with one attached hydrogen (secondary N) is 1. The minimum Gasteiger partial charge on any atom is -0.379 e. The van der Waals surface area contributed by atoms with E-state index in [9.17, 15) is 4.79 Å². The van der Waals surface area contributed by atoms with Gasteiger partial charge in [-0.25, -0.2) is 9.78 Å². The normalized spacial score (nSPS) is 32.1. The topological polar surface area (TPSA) is 76.2 Å². The number of carbonyl (C=O) groups excluding carboxylic acids is 1. The second-order valence-corrected chi connectivity index (χ2v) is 8.46. The molecule has 1 aromatic heterocycles. The van der Waals surface area contributed by atoms with Gasteiger partial charge in [0.05, 0.1) is 37.7 Å². The van der Waals surface area contributed by atoms with E-state index in [1.54, 1.807) is 0 Å². The van der Waals surface area contributed by atoms with Crippen LogP contribution in [0.15, 0.2) is 5.38 Å². The number of aromatic nitrogens is 1. The van der Waals surface area contributed by atoms with E-state index in [0.29, 0.717) is 24.8 Å². The van der Waals surface area contributed by atoms with E-state index in [4.69, 9.17) is 14.2 Å². The lowest BCUT2D eigenvalue weighted by Gasteiger charge is -2.44. The van der Waals surface area contributed by atoms with Crippen LogP contribution in [0, 0.1) is 0 Å². The van der Waals surface area contributed by atoms with E-state index < -0.39 is 0 Å². The zero-order valence-electron chi connectivity index (χ0n) is 16.0. The standard InChI is InChI=1S/C18H28N4O4S/c1-13-9-22(12-18(26-13)3-6-25-14(18)2)17(23)20-16-19-15(11-27-16)10-21-4-7-24-8-5-21/h11,13-14H,3-10,12H2,1-2H3,(H,19,20,23). The van der Waals surface area contributed by atoms with Crippen LogP contribution in [0.3, 0.4) is 0 Å². The van der Waals surface area contributed by atoms with Gasteiger partial charge in [-0.3, -0.25) is 10.2 Å². The second-order valence-electron chi connectivity index (χ2n) is 7.60. The highest BCUT2D eigenvalue weighted by Crippen LogP contribution is 2.35. The van der Waals surface area contributed by atoms with Gasteiger partial charge in [0.1, 0.15) is 5.60 Å². The zero-order chi connectivity index (χ0) is 18.9. The molecule has 0 aromatic carbocycles. The minimum absolute atomic E-state index is 0.00413. The summed E-state index contributed by atoms with van der Waals surface area (Å²) in [6.45, 7) is 10.0. The minimum atomic E-state index is -0.390. The number of carbonyl (C=O) groups is 1. The van der Waals surface area contributed by atoms with Crippen LogP contribution in [0.1, 0.15) is 26.0 Å². The molecule has 2 amide bonds. The van der Waals surface area contributed by atoms with Gasteiger partial charge in [0.25, 0.3) is 0 Å². The lowest BCUT2D eigenvalue weighted by molar-refractivity contribution is -0.159. The first kappa shape index (κ1) is 19.1. The third-order valence-corrected chi connectivity index (χ3v) is 6.35. The van der Waals surface area contributed by atoms with Crippen molar-refractivity contribution >= 4 is 22.5 Å². The molecule has 0 saturated carbocycles. The molecule has 3 aliphatic heterocycles. The molecule has 4 heterocycles. The highest BCUT2D eigenvalue weighted by molar-refractivity contribution is 7.13. The van der Waals surface area contributed by atoms with Gasteiger partial charge in [-0.2, -0.15) is 0 Å². The Labute approximate surface area is 163 Å². The van der Waals surface area contributed by atoms with Gasteiger partial charge < -0.3 is 19.1 Å². The van der Waals surface area contributed by atoms with Crippen molar-refractivity contribution in [2.75, 3.05) is 51.3 Å². The molecule has 3 aliphatic rings. The number of thiazole rings is 1. The lowest BCUT2D eigenvalue weighted by Crippen LogP contribution is -2.60. The molecule has 150 valence electrons.